The van der Waals surface area contributed by atoms with E-state index in [1.54, 1.807) is 12.1 Å². The van der Waals surface area contributed by atoms with Crippen molar-refractivity contribution in [3.63, 3.8) is 0 Å². The molecule has 0 amide bonds. The van der Waals surface area contributed by atoms with Crippen LogP contribution in [-0.4, -0.2) is 24.0 Å². The standard InChI is InChI=1S/C10H14O.Li.H/c1-2-3-4-9-5-7-10(11)8-6-9;;/h5-8,11H,2-4H2,1H3;;. The fourth-order valence-electron chi connectivity index (χ4n) is 1.04. The van der Waals surface area contributed by atoms with E-state index in [0.717, 1.165) is 6.42 Å². The number of phenolic OH excluding ortho intramolecular Hbond substituents is 1. The van der Waals surface area contributed by atoms with Gasteiger partial charge in [-0.15, -0.1) is 0 Å². The molecule has 1 aromatic carbocycles. The van der Waals surface area contributed by atoms with Gasteiger partial charge in [-0.3, -0.25) is 0 Å². The van der Waals surface area contributed by atoms with Gasteiger partial charge in [0.15, 0.2) is 0 Å². The van der Waals surface area contributed by atoms with Gasteiger partial charge in [-0.1, -0.05) is 25.5 Å². The molecule has 0 bridgehead atoms. The third-order valence-electron chi connectivity index (χ3n) is 1.76. The summed E-state index contributed by atoms with van der Waals surface area (Å²) in [5.74, 6) is 0.352. The van der Waals surface area contributed by atoms with Crippen molar-refractivity contribution in [3.05, 3.63) is 29.8 Å². The van der Waals surface area contributed by atoms with Crippen LogP contribution in [0.25, 0.3) is 0 Å². The van der Waals surface area contributed by atoms with E-state index in [0.29, 0.717) is 5.75 Å². The number of aromatic hydroxyl groups is 1. The molecule has 0 unspecified atom stereocenters. The molecule has 0 heterocycles. The first-order valence-electron chi connectivity index (χ1n) is 4.11. The molecule has 0 saturated carbocycles. The summed E-state index contributed by atoms with van der Waals surface area (Å²) in [6, 6.07) is 7.44. The zero-order valence-corrected chi connectivity index (χ0v) is 6.88. The Morgan fingerprint density at radius 3 is 2.25 bits per heavy atom. The molecule has 62 valence electrons. The minimum atomic E-state index is 0. The molecule has 2 heteroatoms. The van der Waals surface area contributed by atoms with E-state index in [2.05, 4.69) is 6.92 Å². The molecular weight excluding hydrogens is 143 g/mol. The van der Waals surface area contributed by atoms with Gasteiger partial charge >= 0.3 is 18.9 Å². The summed E-state index contributed by atoms with van der Waals surface area (Å²) in [5, 5.41) is 8.98. The Labute approximate surface area is 86.0 Å². The molecule has 0 saturated heterocycles. The summed E-state index contributed by atoms with van der Waals surface area (Å²) in [4.78, 5) is 0. The van der Waals surface area contributed by atoms with Crippen molar-refractivity contribution in [2.45, 2.75) is 26.2 Å². The van der Waals surface area contributed by atoms with E-state index >= 15 is 0 Å². The molecule has 0 fully saturated rings. The first kappa shape index (κ1) is 11.6. The first-order chi connectivity index (χ1) is 5.33. The molecule has 1 aromatic rings. The zero-order valence-electron chi connectivity index (χ0n) is 6.88. The number of hydrogen-bond donors (Lipinski definition) is 1. The monoisotopic (exact) mass is 158 g/mol. The van der Waals surface area contributed by atoms with Gasteiger partial charge in [0.25, 0.3) is 0 Å². The topological polar surface area (TPSA) is 20.2 Å². The molecule has 0 atom stereocenters. The van der Waals surface area contributed by atoms with E-state index in [9.17, 15) is 0 Å². The predicted octanol–water partition coefficient (Wildman–Crippen LogP) is 2.09. The van der Waals surface area contributed by atoms with E-state index in [4.69, 9.17) is 5.11 Å². The molecule has 0 aromatic heterocycles. The van der Waals surface area contributed by atoms with Crippen molar-refractivity contribution < 1.29 is 5.11 Å². The van der Waals surface area contributed by atoms with Crippen molar-refractivity contribution in [2.24, 2.45) is 0 Å². The van der Waals surface area contributed by atoms with Gasteiger partial charge < -0.3 is 5.11 Å². The van der Waals surface area contributed by atoms with Gasteiger partial charge in [0.05, 0.1) is 0 Å². The van der Waals surface area contributed by atoms with Gasteiger partial charge in [-0.05, 0) is 30.5 Å². The molecule has 1 rings (SSSR count). The van der Waals surface area contributed by atoms with Gasteiger partial charge in [-0.2, -0.15) is 0 Å². The second kappa shape index (κ2) is 6.17. The molecule has 0 aliphatic carbocycles. The van der Waals surface area contributed by atoms with Crippen molar-refractivity contribution >= 4 is 18.9 Å². The van der Waals surface area contributed by atoms with E-state index in [1.165, 1.54) is 18.4 Å². The number of benzene rings is 1. The van der Waals surface area contributed by atoms with Crippen LogP contribution in [0.2, 0.25) is 0 Å². The quantitative estimate of drug-likeness (QED) is 0.668. The van der Waals surface area contributed by atoms with Crippen LogP contribution in [0.4, 0.5) is 0 Å². The molecular formula is C10H15LiO. The fourth-order valence-corrected chi connectivity index (χ4v) is 1.04. The van der Waals surface area contributed by atoms with Gasteiger partial charge in [0.2, 0.25) is 0 Å². The van der Waals surface area contributed by atoms with E-state index < -0.39 is 0 Å². The third kappa shape index (κ3) is 3.85. The molecule has 0 spiro atoms. The van der Waals surface area contributed by atoms with Crippen molar-refractivity contribution in [3.8, 4) is 5.75 Å². The Morgan fingerprint density at radius 1 is 1.17 bits per heavy atom. The number of hydrogen-bond acceptors (Lipinski definition) is 1. The molecule has 1 nitrogen and oxygen atoms in total. The maximum absolute atomic E-state index is 8.98. The second-order valence-corrected chi connectivity index (χ2v) is 2.77. The number of rotatable bonds is 3. The van der Waals surface area contributed by atoms with Crippen molar-refractivity contribution in [1.29, 1.82) is 0 Å². The molecule has 0 radical (unpaired) electrons. The van der Waals surface area contributed by atoms with Crippen LogP contribution >= 0.6 is 0 Å². The van der Waals surface area contributed by atoms with Crippen LogP contribution in [0.3, 0.4) is 0 Å². The first-order valence-corrected chi connectivity index (χ1v) is 4.11. The summed E-state index contributed by atoms with van der Waals surface area (Å²) >= 11 is 0. The number of unbranched alkanes of at least 4 members (excludes halogenated alkanes) is 1. The SMILES string of the molecule is CCCCc1ccc(O)cc1.[LiH]. The molecule has 0 aliphatic rings. The second-order valence-electron chi connectivity index (χ2n) is 2.77. The van der Waals surface area contributed by atoms with Crippen LogP contribution < -0.4 is 0 Å². The Hall–Kier alpha value is -0.383. The summed E-state index contributed by atoms with van der Waals surface area (Å²) in [5.41, 5.74) is 1.31. The Bertz CT molecular complexity index is 206. The van der Waals surface area contributed by atoms with Gasteiger partial charge in [0.1, 0.15) is 5.75 Å². The van der Waals surface area contributed by atoms with Crippen LogP contribution in [0.5, 0.6) is 5.75 Å². The number of phenols is 1. The average Bonchev–Trinajstić information content (AvgIpc) is 2.04. The van der Waals surface area contributed by atoms with Gasteiger partial charge in [-0.25, -0.2) is 0 Å². The summed E-state index contributed by atoms with van der Waals surface area (Å²) in [6.07, 6.45) is 3.57. The Balaban J connectivity index is 0.00000121. The third-order valence-corrected chi connectivity index (χ3v) is 1.76. The number of aryl methyl sites for hydroxylation is 1. The minimum absolute atomic E-state index is 0. The average molecular weight is 158 g/mol. The summed E-state index contributed by atoms with van der Waals surface area (Å²) < 4.78 is 0. The molecule has 12 heavy (non-hydrogen) atoms. The fraction of sp³-hybridized carbons (Fsp3) is 0.400. The van der Waals surface area contributed by atoms with Gasteiger partial charge in [0, 0.05) is 0 Å². The summed E-state index contributed by atoms with van der Waals surface area (Å²) in [6.45, 7) is 2.18. The normalized spacial score (nSPS) is 9.08. The molecule has 0 aliphatic heterocycles. The Morgan fingerprint density at radius 2 is 1.75 bits per heavy atom. The van der Waals surface area contributed by atoms with Crippen molar-refractivity contribution in [2.75, 3.05) is 0 Å². The zero-order chi connectivity index (χ0) is 8.10. The van der Waals surface area contributed by atoms with Crippen molar-refractivity contribution in [1.82, 2.24) is 0 Å². The van der Waals surface area contributed by atoms with Crippen LogP contribution in [0.1, 0.15) is 25.3 Å². The predicted molar refractivity (Wildman–Crippen MR) is 53.9 cm³/mol. The van der Waals surface area contributed by atoms with E-state index in [-0.39, 0.29) is 18.9 Å². The van der Waals surface area contributed by atoms with Crippen LogP contribution in [0, 0.1) is 0 Å². The Kier molecular flexibility index (Phi) is 5.97. The maximum atomic E-state index is 8.98. The van der Waals surface area contributed by atoms with E-state index in [1.807, 2.05) is 12.1 Å². The summed E-state index contributed by atoms with van der Waals surface area (Å²) in [7, 11) is 0. The van der Waals surface area contributed by atoms with Crippen LogP contribution in [-0.2, 0) is 6.42 Å². The molecule has 1 N–H and O–H groups in total. The van der Waals surface area contributed by atoms with Crippen LogP contribution in [0.15, 0.2) is 24.3 Å².